The van der Waals surface area contributed by atoms with Crippen LogP contribution in [0.4, 0.5) is 4.39 Å². The maximum Gasteiger partial charge on any atom is 0.524 e. The van der Waals surface area contributed by atoms with Crippen LogP contribution in [0.5, 0.6) is 0 Å². The summed E-state index contributed by atoms with van der Waals surface area (Å²) in [7, 11) is -0.912. The lowest BCUT2D eigenvalue weighted by Gasteiger charge is -2.32. The minimum Gasteiger partial charge on any atom is -0.398 e. The van der Waals surface area contributed by atoms with Crippen molar-refractivity contribution in [3.8, 4) is 12.3 Å². The molecule has 0 aromatic rings. The molecule has 0 amide bonds. The summed E-state index contributed by atoms with van der Waals surface area (Å²) in [5.41, 5.74) is -1.42. The zero-order chi connectivity index (χ0) is 13.3. The van der Waals surface area contributed by atoms with Gasteiger partial charge >= 0.3 is 7.12 Å². The normalized spacial score (nSPS) is 24.5. The van der Waals surface area contributed by atoms with Crippen molar-refractivity contribution in [2.75, 3.05) is 0 Å². The largest absolute Gasteiger partial charge is 0.524 e. The second-order valence-corrected chi connectivity index (χ2v) is 5.48. The molecular weight excluding hydrogens is 218 g/mol. The quantitative estimate of drug-likeness (QED) is 0.555. The van der Waals surface area contributed by atoms with Crippen LogP contribution in [0.15, 0.2) is 11.8 Å². The maximum absolute atomic E-state index is 13.8. The van der Waals surface area contributed by atoms with Gasteiger partial charge in [-0.05, 0) is 34.1 Å². The van der Waals surface area contributed by atoms with Crippen LogP contribution in [0.3, 0.4) is 0 Å². The van der Waals surface area contributed by atoms with Crippen molar-refractivity contribution < 1.29 is 13.7 Å². The fraction of sp³-hybridized carbons (Fsp3) is 0.692. The molecule has 0 radical (unpaired) electrons. The molecule has 0 spiro atoms. The van der Waals surface area contributed by atoms with Crippen LogP contribution >= 0.6 is 0 Å². The fourth-order valence-corrected chi connectivity index (χ4v) is 1.41. The van der Waals surface area contributed by atoms with E-state index < -0.39 is 24.0 Å². The molecule has 0 aliphatic carbocycles. The van der Waals surface area contributed by atoms with Crippen molar-refractivity contribution in [3.05, 3.63) is 11.8 Å². The molecule has 1 saturated heterocycles. The number of hydrogen-bond acceptors (Lipinski definition) is 2. The number of allylic oxidation sites excluding steroid dienone is 1. The average molecular weight is 238 g/mol. The predicted molar refractivity (Wildman–Crippen MR) is 67.9 cm³/mol. The minimum absolute atomic E-state index is 0.0168. The molecule has 0 saturated carbocycles. The Morgan fingerprint density at radius 1 is 1.35 bits per heavy atom. The molecule has 17 heavy (non-hydrogen) atoms. The van der Waals surface area contributed by atoms with E-state index in [1.165, 1.54) is 6.08 Å². The third-order valence-corrected chi connectivity index (χ3v) is 3.43. The van der Waals surface area contributed by atoms with Crippen molar-refractivity contribution in [2.45, 2.75) is 52.2 Å². The summed E-state index contributed by atoms with van der Waals surface area (Å²) in [5.74, 6) is 2.57. The lowest BCUT2D eigenvalue weighted by molar-refractivity contribution is 0.00578. The lowest BCUT2D eigenvalue weighted by Crippen LogP contribution is -2.41. The van der Waals surface area contributed by atoms with E-state index in [0.717, 1.165) is 0 Å². The lowest BCUT2D eigenvalue weighted by atomic mass is 9.86. The second-order valence-electron chi connectivity index (χ2n) is 5.48. The molecule has 1 unspecified atom stereocenters. The summed E-state index contributed by atoms with van der Waals surface area (Å²) in [6, 6.07) is 0. The second kappa shape index (κ2) is 4.84. The van der Waals surface area contributed by atoms with Gasteiger partial charge in [0.25, 0.3) is 0 Å². The summed E-state index contributed by atoms with van der Waals surface area (Å²) in [6.07, 6.45) is 7.18. The highest BCUT2D eigenvalue weighted by Gasteiger charge is 2.52. The smallest absolute Gasteiger partial charge is 0.398 e. The van der Waals surface area contributed by atoms with E-state index >= 15 is 0 Å². The highest BCUT2D eigenvalue weighted by molar-refractivity contribution is 6.53. The van der Waals surface area contributed by atoms with E-state index in [4.69, 9.17) is 15.7 Å². The maximum atomic E-state index is 13.8. The first-order valence-corrected chi connectivity index (χ1v) is 5.87. The molecule has 2 nitrogen and oxygen atoms in total. The van der Waals surface area contributed by atoms with E-state index in [-0.39, 0.29) is 5.92 Å². The first-order valence-electron chi connectivity index (χ1n) is 5.87. The summed E-state index contributed by atoms with van der Waals surface area (Å²) in [4.78, 5) is 0. The Balaban J connectivity index is 2.69. The number of terminal acetylenes is 1. The Bertz CT molecular complexity index is 339. The van der Waals surface area contributed by atoms with Crippen molar-refractivity contribution in [3.63, 3.8) is 0 Å². The fourth-order valence-electron chi connectivity index (χ4n) is 1.41. The highest BCUT2D eigenvalue weighted by Crippen LogP contribution is 2.38. The zero-order valence-electron chi connectivity index (χ0n) is 11.2. The summed E-state index contributed by atoms with van der Waals surface area (Å²) in [6.45, 7) is 9.44. The van der Waals surface area contributed by atoms with Crippen molar-refractivity contribution >= 4 is 7.12 Å². The first kappa shape index (κ1) is 14.3. The molecule has 1 rings (SSSR count). The van der Waals surface area contributed by atoms with Crippen LogP contribution in [0.25, 0.3) is 0 Å². The van der Waals surface area contributed by atoms with Gasteiger partial charge in [-0.2, -0.15) is 0 Å². The van der Waals surface area contributed by atoms with Crippen molar-refractivity contribution in [2.24, 2.45) is 5.92 Å². The SMILES string of the molecule is C#CC(C)CC=C(F)B1OC(C)(C)C(C)(C)O1. The van der Waals surface area contributed by atoms with E-state index in [1.54, 1.807) is 0 Å². The predicted octanol–water partition coefficient (Wildman–Crippen LogP) is 3.13. The van der Waals surface area contributed by atoms with Crippen LogP contribution in [0.1, 0.15) is 41.0 Å². The van der Waals surface area contributed by atoms with E-state index in [9.17, 15) is 4.39 Å². The van der Waals surface area contributed by atoms with Crippen LogP contribution in [-0.4, -0.2) is 18.3 Å². The van der Waals surface area contributed by atoms with Crippen molar-refractivity contribution in [1.82, 2.24) is 0 Å². The molecule has 0 bridgehead atoms. The summed E-state index contributed by atoms with van der Waals surface area (Å²) >= 11 is 0. The number of rotatable bonds is 3. The molecule has 1 fully saturated rings. The Morgan fingerprint density at radius 2 is 1.82 bits per heavy atom. The standard InChI is InChI=1S/C13H20BFO2/c1-7-10(2)8-9-11(15)14-16-12(3,4)13(5,6)17-14/h1,9-10H,8H2,2-6H3. The van der Waals surface area contributed by atoms with Gasteiger partial charge in [-0.25, -0.2) is 4.39 Å². The Kier molecular flexibility index (Phi) is 4.06. The molecule has 1 aliphatic rings. The van der Waals surface area contributed by atoms with Gasteiger partial charge in [0.2, 0.25) is 0 Å². The molecule has 1 atom stereocenters. The highest BCUT2D eigenvalue weighted by atomic mass is 19.1. The van der Waals surface area contributed by atoms with Crippen LogP contribution in [0.2, 0.25) is 0 Å². The van der Waals surface area contributed by atoms with Gasteiger partial charge in [-0.1, -0.05) is 13.0 Å². The molecule has 1 heterocycles. The number of halogens is 1. The van der Waals surface area contributed by atoms with E-state index in [2.05, 4.69) is 5.92 Å². The molecule has 94 valence electrons. The van der Waals surface area contributed by atoms with Crippen LogP contribution < -0.4 is 0 Å². The Hall–Kier alpha value is -0.785. The van der Waals surface area contributed by atoms with Gasteiger partial charge < -0.3 is 9.31 Å². The van der Waals surface area contributed by atoms with Gasteiger partial charge in [-0.15, -0.1) is 12.3 Å². The molecule has 4 heteroatoms. The van der Waals surface area contributed by atoms with E-state index in [0.29, 0.717) is 6.42 Å². The summed E-state index contributed by atoms with van der Waals surface area (Å²) in [5, 5.41) is 0. The molecule has 0 aromatic heterocycles. The molecule has 0 N–H and O–H groups in total. The first-order chi connectivity index (χ1) is 7.69. The van der Waals surface area contributed by atoms with Gasteiger partial charge in [0, 0.05) is 5.92 Å². The van der Waals surface area contributed by atoms with Gasteiger partial charge in [-0.3, -0.25) is 0 Å². The van der Waals surface area contributed by atoms with Crippen molar-refractivity contribution in [1.29, 1.82) is 0 Å². The average Bonchev–Trinajstić information content (AvgIpc) is 2.44. The third-order valence-electron chi connectivity index (χ3n) is 3.43. The third kappa shape index (κ3) is 3.11. The number of hydrogen-bond donors (Lipinski definition) is 0. The van der Waals surface area contributed by atoms with Crippen LogP contribution in [-0.2, 0) is 9.31 Å². The molecule has 1 aliphatic heterocycles. The summed E-state index contributed by atoms with van der Waals surface area (Å²) < 4.78 is 25.0. The topological polar surface area (TPSA) is 18.5 Å². The Morgan fingerprint density at radius 3 is 2.24 bits per heavy atom. The van der Waals surface area contributed by atoms with Gasteiger partial charge in [0.15, 0.2) is 0 Å². The molecular formula is C13H20BFO2. The Labute approximate surface area is 104 Å². The minimum atomic E-state index is -0.912. The van der Waals surface area contributed by atoms with E-state index in [1.807, 2.05) is 34.6 Å². The van der Waals surface area contributed by atoms with Gasteiger partial charge in [0.1, 0.15) is 5.73 Å². The zero-order valence-corrected chi connectivity index (χ0v) is 11.2. The van der Waals surface area contributed by atoms with Crippen LogP contribution in [0, 0.1) is 18.3 Å². The van der Waals surface area contributed by atoms with Gasteiger partial charge in [0.05, 0.1) is 11.2 Å². The molecule has 0 aromatic carbocycles. The monoisotopic (exact) mass is 238 g/mol.